The highest BCUT2D eigenvalue weighted by molar-refractivity contribution is 5.85. The third-order valence-corrected chi connectivity index (χ3v) is 3.58. The number of nitrogens with two attached hydrogens (primary N) is 1. The highest BCUT2D eigenvalue weighted by atomic mass is 35.5. The molecule has 0 aliphatic carbocycles. The Kier molecular flexibility index (Phi) is 10.3. The molecule has 138 valence electrons. The molecule has 0 fully saturated rings. The lowest BCUT2D eigenvalue weighted by Gasteiger charge is -2.19. The first-order chi connectivity index (χ1) is 10.9. The summed E-state index contributed by atoms with van der Waals surface area (Å²) < 4.78 is 35.1. The van der Waals surface area contributed by atoms with Crippen LogP contribution >= 0.6 is 12.4 Å². The van der Waals surface area contributed by atoms with E-state index < -0.39 is 12.7 Å². The SMILES string of the molecule is CCOc1cccc(CNC(=O)C(N)C(C)CC)c1OC(F)F.Cl. The Morgan fingerprint density at radius 3 is 2.54 bits per heavy atom. The molecule has 0 saturated heterocycles. The Bertz CT molecular complexity index is 518. The van der Waals surface area contributed by atoms with Gasteiger partial charge < -0.3 is 20.5 Å². The summed E-state index contributed by atoms with van der Waals surface area (Å²) in [4.78, 5) is 12.0. The minimum atomic E-state index is -2.98. The minimum absolute atomic E-state index is 0. The Balaban J connectivity index is 0.00000529. The lowest BCUT2D eigenvalue weighted by Crippen LogP contribution is -2.44. The summed E-state index contributed by atoms with van der Waals surface area (Å²) in [6, 6.07) is 4.14. The Labute approximate surface area is 147 Å². The number of alkyl halides is 2. The van der Waals surface area contributed by atoms with Crippen molar-refractivity contribution in [2.24, 2.45) is 11.7 Å². The van der Waals surface area contributed by atoms with Crippen molar-refractivity contribution in [2.45, 2.75) is 46.4 Å². The number of benzene rings is 1. The van der Waals surface area contributed by atoms with E-state index >= 15 is 0 Å². The van der Waals surface area contributed by atoms with Crippen LogP contribution in [0.1, 0.15) is 32.8 Å². The van der Waals surface area contributed by atoms with Gasteiger partial charge in [-0.3, -0.25) is 4.79 Å². The molecule has 8 heteroatoms. The number of amides is 1. The first-order valence-corrected chi connectivity index (χ1v) is 7.63. The predicted octanol–water partition coefficient (Wildman–Crippen LogP) is 3.10. The quantitative estimate of drug-likeness (QED) is 0.704. The number of nitrogens with one attached hydrogen (secondary N) is 1. The van der Waals surface area contributed by atoms with E-state index in [1.165, 1.54) is 6.07 Å². The van der Waals surface area contributed by atoms with Gasteiger partial charge in [0.1, 0.15) is 0 Å². The fourth-order valence-corrected chi connectivity index (χ4v) is 2.01. The highest BCUT2D eigenvalue weighted by Gasteiger charge is 2.21. The van der Waals surface area contributed by atoms with Crippen LogP contribution in [0.4, 0.5) is 8.78 Å². The molecule has 0 heterocycles. The third-order valence-electron chi connectivity index (χ3n) is 3.58. The van der Waals surface area contributed by atoms with Crippen molar-refractivity contribution in [3.8, 4) is 11.5 Å². The molecule has 1 aromatic rings. The molecular weight excluding hydrogens is 342 g/mol. The average molecular weight is 367 g/mol. The molecule has 0 spiro atoms. The molecule has 0 radical (unpaired) electrons. The standard InChI is InChI=1S/C16H24F2N2O3.ClH/c1-4-10(3)13(19)15(21)20-9-11-7-6-8-12(22-5-2)14(11)23-16(17)18;/h6-8,10,13,16H,4-5,9,19H2,1-3H3,(H,20,21);1H. The summed E-state index contributed by atoms with van der Waals surface area (Å²) in [5.74, 6) is -0.154. The molecule has 5 nitrogen and oxygen atoms in total. The van der Waals surface area contributed by atoms with Crippen LogP contribution in [0.25, 0.3) is 0 Å². The van der Waals surface area contributed by atoms with E-state index in [2.05, 4.69) is 10.1 Å². The molecule has 2 unspecified atom stereocenters. The van der Waals surface area contributed by atoms with Gasteiger partial charge in [-0.15, -0.1) is 12.4 Å². The highest BCUT2D eigenvalue weighted by Crippen LogP contribution is 2.32. The molecule has 24 heavy (non-hydrogen) atoms. The number of hydrogen-bond donors (Lipinski definition) is 2. The Morgan fingerprint density at radius 1 is 1.33 bits per heavy atom. The van der Waals surface area contributed by atoms with Gasteiger partial charge in [-0.2, -0.15) is 8.78 Å². The zero-order valence-electron chi connectivity index (χ0n) is 14.1. The van der Waals surface area contributed by atoms with Gasteiger partial charge in [-0.25, -0.2) is 0 Å². The lowest BCUT2D eigenvalue weighted by atomic mass is 9.99. The van der Waals surface area contributed by atoms with Gasteiger partial charge in [-0.1, -0.05) is 32.4 Å². The van der Waals surface area contributed by atoms with Crippen molar-refractivity contribution >= 4 is 18.3 Å². The van der Waals surface area contributed by atoms with Crippen molar-refractivity contribution in [1.29, 1.82) is 0 Å². The number of carbonyl (C=O) groups excluding carboxylic acids is 1. The van der Waals surface area contributed by atoms with Crippen LogP contribution < -0.4 is 20.5 Å². The van der Waals surface area contributed by atoms with Gasteiger partial charge in [0.2, 0.25) is 5.91 Å². The predicted molar refractivity (Wildman–Crippen MR) is 90.8 cm³/mol. The summed E-state index contributed by atoms with van der Waals surface area (Å²) in [7, 11) is 0. The summed E-state index contributed by atoms with van der Waals surface area (Å²) in [6.45, 7) is 2.93. The van der Waals surface area contributed by atoms with E-state index in [1.54, 1.807) is 19.1 Å². The maximum absolute atomic E-state index is 12.6. The van der Waals surface area contributed by atoms with E-state index in [0.29, 0.717) is 12.2 Å². The molecule has 2 atom stereocenters. The van der Waals surface area contributed by atoms with Crippen molar-refractivity contribution in [1.82, 2.24) is 5.32 Å². The first-order valence-electron chi connectivity index (χ1n) is 7.63. The minimum Gasteiger partial charge on any atom is -0.490 e. The van der Waals surface area contributed by atoms with Crippen molar-refractivity contribution in [3.05, 3.63) is 23.8 Å². The molecule has 3 N–H and O–H groups in total. The van der Waals surface area contributed by atoms with E-state index in [-0.39, 0.29) is 42.3 Å². The lowest BCUT2D eigenvalue weighted by molar-refractivity contribution is -0.123. The van der Waals surface area contributed by atoms with Crippen LogP contribution in [0.3, 0.4) is 0 Å². The largest absolute Gasteiger partial charge is 0.490 e. The molecule has 1 amide bonds. The van der Waals surface area contributed by atoms with Crippen LogP contribution in [0.2, 0.25) is 0 Å². The summed E-state index contributed by atoms with van der Waals surface area (Å²) in [5.41, 5.74) is 6.25. The Morgan fingerprint density at radius 2 is 2.00 bits per heavy atom. The first kappa shape index (κ1) is 22.4. The zero-order valence-corrected chi connectivity index (χ0v) is 14.9. The second-order valence-electron chi connectivity index (χ2n) is 5.19. The van der Waals surface area contributed by atoms with Crippen molar-refractivity contribution in [3.63, 3.8) is 0 Å². The summed E-state index contributed by atoms with van der Waals surface area (Å²) >= 11 is 0. The molecule has 0 saturated carbocycles. The second kappa shape index (κ2) is 11.0. The molecule has 1 aromatic carbocycles. The fourth-order valence-electron chi connectivity index (χ4n) is 2.01. The van der Waals surface area contributed by atoms with Crippen LogP contribution in [0, 0.1) is 5.92 Å². The van der Waals surface area contributed by atoms with Gasteiger partial charge in [0.05, 0.1) is 12.6 Å². The van der Waals surface area contributed by atoms with Crippen molar-refractivity contribution in [2.75, 3.05) is 6.61 Å². The van der Waals surface area contributed by atoms with Crippen LogP contribution in [0.5, 0.6) is 11.5 Å². The van der Waals surface area contributed by atoms with Gasteiger partial charge in [-0.05, 0) is 18.9 Å². The van der Waals surface area contributed by atoms with Gasteiger partial charge in [0, 0.05) is 12.1 Å². The van der Waals surface area contributed by atoms with Crippen LogP contribution in [-0.4, -0.2) is 25.2 Å². The zero-order chi connectivity index (χ0) is 17.4. The third kappa shape index (κ3) is 6.49. The molecule has 0 bridgehead atoms. The normalized spacial score (nSPS) is 13.0. The number of ether oxygens (including phenoxy) is 2. The number of carbonyl (C=O) groups is 1. The molecule has 0 aliphatic rings. The van der Waals surface area contributed by atoms with E-state index in [4.69, 9.17) is 10.5 Å². The Hall–Kier alpha value is -1.60. The van der Waals surface area contributed by atoms with E-state index in [1.807, 2.05) is 13.8 Å². The van der Waals surface area contributed by atoms with E-state index in [0.717, 1.165) is 6.42 Å². The summed E-state index contributed by atoms with van der Waals surface area (Å²) in [6.07, 6.45) is 0.772. The second-order valence-corrected chi connectivity index (χ2v) is 5.19. The number of para-hydroxylation sites is 1. The number of rotatable bonds is 9. The van der Waals surface area contributed by atoms with Gasteiger partial charge in [0.15, 0.2) is 11.5 Å². The molecule has 1 rings (SSSR count). The van der Waals surface area contributed by atoms with Crippen molar-refractivity contribution < 1.29 is 23.0 Å². The van der Waals surface area contributed by atoms with Gasteiger partial charge in [0.25, 0.3) is 0 Å². The molecular formula is C16H25ClF2N2O3. The fraction of sp³-hybridized carbons (Fsp3) is 0.562. The topological polar surface area (TPSA) is 73.6 Å². The average Bonchev–Trinajstić information content (AvgIpc) is 2.53. The molecule has 0 aromatic heterocycles. The number of hydrogen-bond acceptors (Lipinski definition) is 4. The summed E-state index contributed by atoms with van der Waals surface area (Å²) in [5, 5.41) is 2.65. The maximum Gasteiger partial charge on any atom is 0.387 e. The maximum atomic E-state index is 12.6. The van der Waals surface area contributed by atoms with Crippen LogP contribution in [0.15, 0.2) is 18.2 Å². The van der Waals surface area contributed by atoms with Crippen LogP contribution in [-0.2, 0) is 11.3 Å². The van der Waals surface area contributed by atoms with Gasteiger partial charge >= 0.3 is 6.61 Å². The number of halogens is 3. The van der Waals surface area contributed by atoms with E-state index in [9.17, 15) is 13.6 Å². The smallest absolute Gasteiger partial charge is 0.387 e. The molecule has 0 aliphatic heterocycles. The monoisotopic (exact) mass is 366 g/mol.